The maximum Gasteiger partial charge on any atom is 0.243 e. The third-order valence-electron chi connectivity index (χ3n) is 4.73. The van der Waals surface area contributed by atoms with Crippen molar-refractivity contribution in [3.63, 3.8) is 0 Å². The quantitative estimate of drug-likeness (QED) is 0.553. The third kappa shape index (κ3) is 7.06. The molecule has 1 atom stereocenters. The van der Waals surface area contributed by atoms with E-state index in [9.17, 15) is 13.2 Å². The minimum atomic E-state index is -3.62. The number of thioether (sulfide) groups is 1. The van der Waals surface area contributed by atoms with Crippen LogP contribution in [-0.4, -0.2) is 38.9 Å². The number of rotatable bonds is 10. The predicted molar refractivity (Wildman–Crippen MR) is 128 cm³/mol. The van der Waals surface area contributed by atoms with Gasteiger partial charge in [0.25, 0.3) is 0 Å². The molecule has 2 rings (SSSR count). The maximum absolute atomic E-state index is 12.8. The van der Waals surface area contributed by atoms with Crippen LogP contribution in [-0.2, 0) is 20.6 Å². The second kappa shape index (κ2) is 10.9. The van der Waals surface area contributed by atoms with Crippen molar-refractivity contribution >= 4 is 33.4 Å². The van der Waals surface area contributed by atoms with Crippen molar-refractivity contribution in [1.82, 2.24) is 5.32 Å². The number of carbonyl (C=O) groups excluding carboxylic acids is 1. The van der Waals surface area contributed by atoms with Crippen LogP contribution in [0.2, 0.25) is 0 Å². The molecule has 2 aromatic rings. The molecule has 0 aliphatic rings. The molecule has 0 saturated heterocycles. The first-order valence-electron chi connectivity index (χ1n) is 10.1. The minimum Gasteiger partial charge on any atom is -0.353 e. The van der Waals surface area contributed by atoms with Crippen LogP contribution in [0.15, 0.2) is 42.5 Å². The topological polar surface area (TPSA) is 66.5 Å². The Hall–Kier alpha value is -1.99. The summed E-state index contributed by atoms with van der Waals surface area (Å²) in [7, 11) is -3.62. The van der Waals surface area contributed by atoms with Crippen LogP contribution >= 0.6 is 11.8 Å². The zero-order chi connectivity index (χ0) is 22.3. The van der Waals surface area contributed by atoms with E-state index in [0.717, 1.165) is 28.9 Å². The number of nitrogens with zero attached hydrogens (tertiary/aromatic N) is 1. The smallest absolute Gasteiger partial charge is 0.243 e. The van der Waals surface area contributed by atoms with Crippen molar-refractivity contribution in [2.45, 2.75) is 45.9 Å². The van der Waals surface area contributed by atoms with Gasteiger partial charge in [0, 0.05) is 18.1 Å². The highest BCUT2D eigenvalue weighted by molar-refractivity contribution is 7.98. The lowest BCUT2D eigenvalue weighted by Gasteiger charge is -2.30. The first kappa shape index (κ1) is 24.3. The van der Waals surface area contributed by atoms with E-state index in [0.29, 0.717) is 18.7 Å². The molecule has 164 valence electrons. The van der Waals surface area contributed by atoms with Gasteiger partial charge in [0.05, 0.1) is 11.9 Å². The Kier molecular flexibility index (Phi) is 8.79. The number of nitrogens with one attached hydrogen (secondary N) is 1. The summed E-state index contributed by atoms with van der Waals surface area (Å²) in [6, 6.07) is 13.2. The fourth-order valence-corrected chi connectivity index (χ4v) is 5.39. The van der Waals surface area contributed by atoms with Gasteiger partial charge in [0.15, 0.2) is 0 Å². The Balaban J connectivity index is 2.00. The van der Waals surface area contributed by atoms with Crippen molar-refractivity contribution in [1.29, 1.82) is 0 Å². The van der Waals surface area contributed by atoms with Gasteiger partial charge in [0.2, 0.25) is 15.9 Å². The molecule has 0 saturated carbocycles. The normalized spacial score (nSPS) is 12.4. The van der Waals surface area contributed by atoms with Gasteiger partial charge in [0.1, 0.15) is 6.04 Å². The molecule has 0 radical (unpaired) electrons. The van der Waals surface area contributed by atoms with Gasteiger partial charge in [-0.15, -0.1) is 0 Å². The monoisotopic (exact) mass is 448 g/mol. The summed E-state index contributed by atoms with van der Waals surface area (Å²) < 4.78 is 26.4. The van der Waals surface area contributed by atoms with Crippen LogP contribution in [0.1, 0.15) is 35.6 Å². The molecule has 0 aliphatic heterocycles. The first-order chi connectivity index (χ1) is 14.1. The number of benzene rings is 2. The molecule has 5 nitrogen and oxygen atoms in total. The Bertz CT molecular complexity index is 937. The molecule has 7 heteroatoms. The molecule has 0 fully saturated rings. The zero-order valence-corrected chi connectivity index (χ0v) is 20.1. The molecule has 0 heterocycles. The van der Waals surface area contributed by atoms with E-state index in [2.05, 4.69) is 36.5 Å². The molecule has 0 spiro atoms. The van der Waals surface area contributed by atoms with E-state index in [4.69, 9.17) is 0 Å². The lowest BCUT2D eigenvalue weighted by Crippen LogP contribution is -2.49. The molecule has 1 N–H and O–H groups in total. The van der Waals surface area contributed by atoms with Crippen molar-refractivity contribution in [2.24, 2.45) is 0 Å². The summed E-state index contributed by atoms with van der Waals surface area (Å²) in [6.45, 7) is 8.23. The summed E-state index contributed by atoms with van der Waals surface area (Å²) in [5, 5.41) is 2.91. The number of hydrogen-bond acceptors (Lipinski definition) is 4. The van der Waals surface area contributed by atoms with E-state index in [-0.39, 0.29) is 5.91 Å². The number of anilines is 1. The second-order valence-electron chi connectivity index (χ2n) is 7.66. The van der Waals surface area contributed by atoms with Crippen LogP contribution in [0.25, 0.3) is 0 Å². The minimum absolute atomic E-state index is 0.266. The summed E-state index contributed by atoms with van der Waals surface area (Å²) in [6.07, 6.45) is 1.54. The van der Waals surface area contributed by atoms with Gasteiger partial charge >= 0.3 is 0 Å². The number of aryl methyl sites for hydroxylation is 3. The van der Waals surface area contributed by atoms with Gasteiger partial charge in [-0.25, -0.2) is 8.42 Å². The Morgan fingerprint density at radius 3 is 2.17 bits per heavy atom. The van der Waals surface area contributed by atoms with E-state index in [1.54, 1.807) is 23.9 Å². The maximum atomic E-state index is 12.8. The Labute approximate surface area is 185 Å². The Morgan fingerprint density at radius 2 is 1.63 bits per heavy atom. The molecule has 30 heavy (non-hydrogen) atoms. The average Bonchev–Trinajstić information content (AvgIpc) is 2.65. The summed E-state index contributed by atoms with van der Waals surface area (Å²) in [5.41, 5.74) is 4.94. The van der Waals surface area contributed by atoms with Crippen LogP contribution in [0.4, 0.5) is 5.69 Å². The van der Waals surface area contributed by atoms with Gasteiger partial charge < -0.3 is 5.32 Å². The van der Waals surface area contributed by atoms with Gasteiger partial charge in [-0.3, -0.25) is 9.10 Å². The zero-order valence-electron chi connectivity index (χ0n) is 18.4. The highest BCUT2D eigenvalue weighted by Gasteiger charge is 2.31. The second-order valence-corrected chi connectivity index (χ2v) is 10.6. The van der Waals surface area contributed by atoms with Crippen molar-refractivity contribution in [3.05, 3.63) is 64.7 Å². The largest absolute Gasteiger partial charge is 0.353 e. The van der Waals surface area contributed by atoms with Gasteiger partial charge in [-0.2, -0.15) is 11.8 Å². The van der Waals surface area contributed by atoms with Crippen LogP contribution in [0, 0.1) is 20.8 Å². The van der Waals surface area contributed by atoms with Crippen molar-refractivity contribution < 1.29 is 13.2 Å². The molecule has 1 amide bonds. The standard InChI is InChI=1S/C23H32N2O3S2/c1-6-22(25(30(5,27)28)21-14-18(3)13-19(4)15-21)23(26)24-11-12-29-16-20-9-7-17(2)8-10-20/h7-10,13-15,22H,6,11-12,16H2,1-5H3,(H,24,26)/t22-/m0/s1. The number of carbonyl (C=O) groups is 1. The molecule has 2 aromatic carbocycles. The molecular weight excluding hydrogens is 416 g/mol. The average molecular weight is 449 g/mol. The Morgan fingerprint density at radius 1 is 1.03 bits per heavy atom. The van der Waals surface area contributed by atoms with Crippen LogP contribution in [0.5, 0.6) is 0 Å². The third-order valence-corrected chi connectivity index (χ3v) is 6.94. The van der Waals surface area contributed by atoms with Gasteiger partial charge in [-0.05, 0) is 56.0 Å². The lowest BCUT2D eigenvalue weighted by atomic mass is 10.1. The molecular formula is C23H32N2O3S2. The fraction of sp³-hybridized carbons (Fsp3) is 0.435. The summed E-state index contributed by atoms with van der Waals surface area (Å²) in [4.78, 5) is 12.8. The SMILES string of the molecule is CC[C@@H](C(=O)NCCSCc1ccc(C)cc1)N(c1cc(C)cc(C)c1)S(C)(=O)=O. The predicted octanol–water partition coefficient (Wildman–Crippen LogP) is 4.21. The molecule has 0 aromatic heterocycles. The van der Waals surface area contributed by atoms with E-state index >= 15 is 0 Å². The molecule has 0 unspecified atom stereocenters. The lowest BCUT2D eigenvalue weighted by molar-refractivity contribution is -0.122. The highest BCUT2D eigenvalue weighted by Crippen LogP contribution is 2.25. The fourth-order valence-electron chi connectivity index (χ4n) is 3.38. The van der Waals surface area contributed by atoms with E-state index in [1.165, 1.54) is 15.4 Å². The first-order valence-corrected chi connectivity index (χ1v) is 13.1. The van der Waals surface area contributed by atoms with E-state index in [1.807, 2.05) is 26.8 Å². The number of hydrogen-bond donors (Lipinski definition) is 1. The highest BCUT2D eigenvalue weighted by atomic mass is 32.2. The van der Waals surface area contributed by atoms with Gasteiger partial charge in [-0.1, -0.05) is 42.8 Å². The van der Waals surface area contributed by atoms with Crippen LogP contribution < -0.4 is 9.62 Å². The van der Waals surface area contributed by atoms with E-state index < -0.39 is 16.1 Å². The number of amides is 1. The molecule has 0 aliphatic carbocycles. The number of sulfonamides is 1. The van der Waals surface area contributed by atoms with Crippen LogP contribution in [0.3, 0.4) is 0 Å². The molecule has 0 bridgehead atoms. The summed E-state index contributed by atoms with van der Waals surface area (Å²) >= 11 is 1.74. The van der Waals surface area contributed by atoms with Crippen molar-refractivity contribution in [2.75, 3.05) is 22.9 Å². The van der Waals surface area contributed by atoms with Crippen molar-refractivity contribution in [3.8, 4) is 0 Å². The summed E-state index contributed by atoms with van der Waals surface area (Å²) in [5.74, 6) is 1.38.